The van der Waals surface area contributed by atoms with Gasteiger partial charge >= 0.3 is 0 Å². The molecule has 0 bridgehead atoms. The summed E-state index contributed by atoms with van der Waals surface area (Å²) in [4.78, 5) is 14.8. The number of carbonyl (C=O) groups excluding carboxylic acids is 1. The summed E-state index contributed by atoms with van der Waals surface area (Å²) < 4.78 is 0. The molecule has 1 N–H and O–H groups in total. The van der Waals surface area contributed by atoms with E-state index >= 15 is 0 Å². The molecule has 1 aliphatic carbocycles. The summed E-state index contributed by atoms with van der Waals surface area (Å²) in [7, 11) is 1.88. The first-order chi connectivity index (χ1) is 11.4. The fourth-order valence-corrected chi connectivity index (χ4v) is 4.93. The van der Waals surface area contributed by atoms with Crippen LogP contribution in [-0.2, 0) is 11.2 Å². The molecule has 24 heavy (non-hydrogen) atoms. The van der Waals surface area contributed by atoms with Crippen molar-refractivity contribution in [1.29, 1.82) is 0 Å². The predicted octanol–water partition coefficient (Wildman–Crippen LogP) is 3.55. The van der Waals surface area contributed by atoms with Crippen LogP contribution in [0.25, 0.3) is 0 Å². The quantitative estimate of drug-likeness (QED) is 0.922. The minimum atomic E-state index is -0.553. The van der Waals surface area contributed by atoms with Gasteiger partial charge in [0.2, 0.25) is 5.91 Å². The first-order valence-corrected chi connectivity index (χ1v) is 9.17. The molecular weight excluding hydrogens is 300 g/mol. The summed E-state index contributed by atoms with van der Waals surface area (Å²) >= 11 is 0. The number of hydrogen-bond donors (Lipinski definition) is 1. The molecule has 3 rings (SSSR count). The highest BCUT2D eigenvalue weighted by Crippen LogP contribution is 2.49. The summed E-state index contributed by atoms with van der Waals surface area (Å²) in [5.41, 5.74) is 0.535. The molecular formula is C20H30N2O2. The summed E-state index contributed by atoms with van der Waals surface area (Å²) in [5.74, 6) is 1.28. The summed E-state index contributed by atoms with van der Waals surface area (Å²) in [5, 5.41) is 12.6. The highest BCUT2D eigenvalue weighted by atomic mass is 16.5. The number of rotatable bonds is 3. The van der Waals surface area contributed by atoms with Gasteiger partial charge < -0.3 is 10.1 Å². The highest BCUT2D eigenvalue weighted by molar-refractivity contribution is 5.85. The number of benzene rings is 1. The van der Waals surface area contributed by atoms with Crippen molar-refractivity contribution in [3.05, 3.63) is 35.9 Å². The van der Waals surface area contributed by atoms with Gasteiger partial charge in [-0.3, -0.25) is 4.79 Å². The van der Waals surface area contributed by atoms with Gasteiger partial charge in [-0.25, -0.2) is 0 Å². The zero-order valence-electron chi connectivity index (χ0n) is 15.3. The molecule has 4 heteroatoms. The largest absolute Gasteiger partial charge is 0.323 e. The van der Waals surface area contributed by atoms with Crippen LogP contribution >= 0.6 is 0 Å². The van der Waals surface area contributed by atoms with Crippen LogP contribution in [0.5, 0.6) is 0 Å². The van der Waals surface area contributed by atoms with E-state index in [-0.39, 0.29) is 5.91 Å². The van der Waals surface area contributed by atoms with E-state index in [1.165, 1.54) is 11.5 Å². The standard InChI is InChI=1S/C20H30N2O2/c1-14(2)17-11-10-15(3)13-20(17)21(4)19(23)18(22(20)24)12-16-8-6-5-7-9-16/h5-9,14-15,17-18,24H,10-13H2,1-4H3/t15-,17+,18+,20+/m1/s1. The van der Waals surface area contributed by atoms with E-state index in [1.54, 1.807) is 0 Å². The molecule has 1 aromatic rings. The Hall–Kier alpha value is -1.39. The number of carbonyl (C=O) groups is 1. The van der Waals surface area contributed by atoms with Crippen LogP contribution in [0.4, 0.5) is 0 Å². The molecule has 1 aliphatic heterocycles. The Labute approximate surface area is 145 Å². The van der Waals surface area contributed by atoms with Crippen LogP contribution in [-0.4, -0.2) is 39.8 Å². The van der Waals surface area contributed by atoms with E-state index in [1.807, 2.05) is 42.3 Å². The molecule has 1 heterocycles. The third-order valence-corrected chi connectivity index (χ3v) is 6.18. The second-order valence-corrected chi connectivity index (χ2v) is 8.06. The lowest BCUT2D eigenvalue weighted by Gasteiger charge is -2.51. The Balaban J connectivity index is 1.94. The van der Waals surface area contributed by atoms with Gasteiger partial charge in [-0.15, -0.1) is 0 Å². The lowest BCUT2D eigenvalue weighted by molar-refractivity contribution is -0.242. The van der Waals surface area contributed by atoms with Crippen LogP contribution in [0.1, 0.15) is 45.6 Å². The van der Waals surface area contributed by atoms with E-state index in [0.717, 1.165) is 18.4 Å². The van der Waals surface area contributed by atoms with Gasteiger partial charge in [0.05, 0.1) is 0 Å². The summed E-state index contributed by atoms with van der Waals surface area (Å²) in [6, 6.07) is 9.50. The lowest BCUT2D eigenvalue weighted by atomic mass is 9.69. The number of amides is 1. The van der Waals surface area contributed by atoms with E-state index in [0.29, 0.717) is 24.2 Å². The van der Waals surface area contributed by atoms with Gasteiger partial charge in [-0.2, -0.15) is 5.06 Å². The monoisotopic (exact) mass is 330 g/mol. The molecule has 1 saturated heterocycles. The lowest BCUT2D eigenvalue weighted by Crippen LogP contribution is -2.61. The molecule has 1 amide bonds. The Morgan fingerprint density at radius 1 is 1.25 bits per heavy atom. The van der Waals surface area contributed by atoms with Gasteiger partial charge in [0, 0.05) is 13.0 Å². The summed E-state index contributed by atoms with van der Waals surface area (Å²) in [6.07, 6.45) is 3.64. The third-order valence-electron chi connectivity index (χ3n) is 6.18. The van der Waals surface area contributed by atoms with Crippen molar-refractivity contribution in [2.24, 2.45) is 17.8 Å². The van der Waals surface area contributed by atoms with Crippen LogP contribution in [0.2, 0.25) is 0 Å². The van der Waals surface area contributed by atoms with Crippen LogP contribution in [0.3, 0.4) is 0 Å². The Kier molecular flexibility index (Phi) is 4.71. The van der Waals surface area contributed by atoms with Crippen molar-refractivity contribution in [1.82, 2.24) is 9.96 Å². The molecule has 1 spiro atoms. The normalized spacial score (nSPS) is 34.5. The minimum Gasteiger partial charge on any atom is -0.323 e. The molecule has 0 unspecified atom stereocenters. The van der Waals surface area contributed by atoms with Crippen molar-refractivity contribution >= 4 is 5.91 Å². The molecule has 4 atom stereocenters. The first kappa shape index (κ1) is 17.4. The number of likely N-dealkylation sites (N-methyl/N-ethyl adjacent to an activating group) is 1. The van der Waals surface area contributed by atoms with E-state index in [2.05, 4.69) is 20.8 Å². The molecule has 2 aliphatic rings. The van der Waals surface area contributed by atoms with Gasteiger partial charge in [0.1, 0.15) is 11.7 Å². The van der Waals surface area contributed by atoms with E-state index in [4.69, 9.17) is 0 Å². The predicted molar refractivity (Wildman–Crippen MR) is 94.4 cm³/mol. The van der Waals surface area contributed by atoms with Crippen molar-refractivity contribution in [3.63, 3.8) is 0 Å². The number of nitrogens with zero attached hydrogens (tertiary/aromatic N) is 2. The second-order valence-electron chi connectivity index (χ2n) is 8.06. The number of hydroxylamine groups is 2. The van der Waals surface area contributed by atoms with Crippen molar-refractivity contribution in [2.45, 2.75) is 58.2 Å². The smallest absolute Gasteiger partial charge is 0.244 e. The molecule has 132 valence electrons. The van der Waals surface area contributed by atoms with Crippen molar-refractivity contribution < 1.29 is 10.0 Å². The Bertz CT molecular complexity index is 589. The zero-order chi connectivity index (χ0) is 17.5. The zero-order valence-corrected chi connectivity index (χ0v) is 15.3. The Morgan fingerprint density at radius 3 is 2.54 bits per heavy atom. The fourth-order valence-electron chi connectivity index (χ4n) is 4.93. The molecule has 4 nitrogen and oxygen atoms in total. The van der Waals surface area contributed by atoms with Crippen LogP contribution < -0.4 is 0 Å². The average Bonchev–Trinajstić information content (AvgIpc) is 2.72. The third kappa shape index (κ3) is 2.66. The molecule has 1 saturated carbocycles. The SMILES string of the molecule is CC(C)[C@@H]1CC[C@@H](C)C[C@@]12N(C)C(=O)[C@H](Cc1ccccc1)N2O. The first-order valence-electron chi connectivity index (χ1n) is 9.17. The van der Waals surface area contributed by atoms with Gasteiger partial charge in [-0.05, 0) is 36.7 Å². The van der Waals surface area contributed by atoms with Gasteiger partial charge in [0.15, 0.2) is 0 Å². The molecule has 0 aromatic heterocycles. The van der Waals surface area contributed by atoms with Gasteiger partial charge in [-0.1, -0.05) is 57.5 Å². The maximum Gasteiger partial charge on any atom is 0.244 e. The fraction of sp³-hybridized carbons (Fsp3) is 0.650. The maximum atomic E-state index is 13.0. The van der Waals surface area contributed by atoms with Crippen LogP contribution in [0, 0.1) is 17.8 Å². The summed E-state index contributed by atoms with van der Waals surface area (Å²) in [6.45, 7) is 6.65. The van der Waals surface area contributed by atoms with Crippen molar-refractivity contribution in [3.8, 4) is 0 Å². The molecule has 2 fully saturated rings. The topological polar surface area (TPSA) is 43.8 Å². The molecule has 0 radical (unpaired) electrons. The maximum absolute atomic E-state index is 13.0. The van der Waals surface area contributed by atoms with Crippen LogP contribution in [0.15, 0.2) is 30.3 Å². The van der Waals surface area contributed by atoms with Crippen molar-refractivity contribution in [2.75, 3.05) is 7.05 Å². The van der Waals surface area contributed by atoms with Gasteiger partial charge in [0.25, 0.3) is 0 Å². The number of hydrogen-bond acceptors (Lipinski definition) is 3. The van der Waals surface area contributed by atoms with E-state index in [9.17, 15) is 10.0 Å². The second kappa shape index (κ2) is 6.49. The molecule has 1 aromatic carbocycles. The van der Waals surface area contributed by atoms with E-state index < -0.39 is 11.7 Å². The Morgan fingerprint density at radius 2 is 1.92 bits per heavy atom. The average molecular weight is 330 g/mol. The highest BCUT2D eigenvalue weighted by Gasteiger charge is 2.60. The minimum absolute atomic E-state index is 0.0427.